The minimum atomic E-state index is -4.52. The van der Waals surface area contributed by atoms with Gasteiger partial charge in [-0.05, 0) is 42.4 Å². The number of aliphatic carboxylic acids is 1. The molecule has 2 aromatic rings. The molecule has 1 saturated heterocycles. The van der Waals surface area contributed by atoms with Crippen molar-refractivity contribution in [2.75, 3.05) is 30.0 Å². The van der Waals surface area contributed by atoms with Crippen LogP contribution in [0.25, 0.3) is 0 Å². The standard InChI is InChI=1S/C24H31F3N4O3/c1-15(2)14-31(19-6-8-34-9-7-19)21-5-4-17(16(3)10-22(32)33)11-20(21)30-23-28-12-18(13-29-23)24(25,26)27/h4-5,11-13,15-16,19H,6-10,14H2,1-3H3,(H,32,33)(H,28,29,30). The average Bonchev–Trinajstić information content (AvgIpc) is 2.77. The van der Waals surface area contributed by atoms with Crippen molar-refractivity contribution in [2.45, 2.75) is 58.2 Å². The Labute approximate surface area is 197 Å². The maximum atomic E-state index is 12.9. The highest BCUT2D eigenvalue weighted by Crippen LogP contribution is 2.36. The zero-order valence-electron chi connectivity index (χ0n) is 19.6. The van der Waals surface area contributed by atoms with Crippen LogP contribution in [0.2, 0.25) is 0 Å². The second kappa shape index (κ2) is 11.0. The molecule has 1 fully saturated rings. The molecule has 34 heavy (non-hydrogen) atoms. The number of benzene rings is 1. The number of carboxylic acids is 1. The molecular formula is C24H31F3N4O3. The molecule has 0 amide bonds. The number of halogens is 3. The van der Waals surface area contributed by atoms with E-state index in [4.69, 9.17) is 4.74 Å². The summed E-state index contributed by atoms with van der Waals surface area (Å²) < 4.78 is 44.3. The van der Waals surface area contributed by atoms with E-state index in [-0.39, 0.29) is 24.3 Å². The van der Waals surface area contributed by atoms with Gasteiger partial charge in [-0.2, -0.15) is 13.2 Å². The Balaban J connectivity index is 2.00. The van der Waals surface area contributed by atoms with E-state index in [9.17, 15) is 23.1 Å². The third-order valence-corrected chi connectivity index (χ3v) is 5.80. The van der Waals surface area contributed by atoms with Gasteiger partial charge in [-0.3, -0.25) is 4.79 Å². The third-order valence-electron chi connectivity index (χ3n) is 5.80. The Bertz CT molecular complexity index is 961. The van der Waals surface area contributed by atoms with E-state index in [2.05, 4.69) is 34.0 Å². The van der Waals surface area contributed by atoms with Gasteiger partial charge < -0.3 is 20.1 Å². The second-order valence-electron chi connectivity index (χ2n) is 9.08. The van der Waals surface area contributed by atoms with Crippen LogP contribution in [0.15, 0.2) is 30.6 Å². The summed E-state index contributed by atoms with van der Waals surface area (Å²) in [5.74, 6) is -0.750. The molecule has 186 valence electrons. The number of hydrogen-bond donors (Lipinski definition) is 2. The van der Waals surface area contributed by atoms with Gasteiger partial charge in [-0.15, -0.1) is 0 Å². The van der Waals surface area contributed by atoms with Crippen molar-refractivity contribution >= 4 is 23.3 Å². The molecule has 1 atom stereocenters. The molecule has 1 unspecified atom stereocenters. The van der Waals surface area contributed by atoms with Gasteiger partial charge in [0.05, 0.1) is 23.4 Å². The molecular weight excluding hydrogens is 449 g/mol. The van der Waals surface area contributed by atoms with Crippen LogP contribution in [0.4, 0.5) is 30.5 Å². The van der Waals surface area contributed by atoms with Crippen LogP contribution < -0.4 is 10.2 Å². The number of anilines is 3. The first-order chi connectivity index (χ1) is 16.0. The van der Waals surface area contributed by atoms with Crippen molar-refractivity contribution in [1.82, 2.24) is 9.97 Å². The van der Waals surface area contributed by atoms with Gasteiger partial charge in [0.25, 0.3) is 0 Å². The lowest BCUT2D eigenvalue weighted by Crippen LogP contribution is -2.42. The topological polar surface area (TPSA) is 87.6 Å². The first-order valence-corrected chi connectivity index (χ1v) is 11.4. The number of ether oxygens (including phenoxy) is 1. The van der Waals surface area contributed by atoms with Crippen LogP contribution in [-0.4, -0.2) is 46.8 Å². The minimum absolute atomic E-state index is 0.0359. The molecule has 0 radical (unpaired) electrons. The summed E-state index contributed by atoms with van der Waals surface area (Å²) >= 11 is 0. The number of alkyl halides is 3. The number of nitrogens with one attached hydrogen (secondary N) is 1. The number of aromatic nitrogens is 2. The Morgan fingerprint density at radius 1 is 1.21 bits per heavy atom. The van der Waals surface area contributed by atoms with Crippen LogP contribution in [0.1, 0.15) is 57.1 Å². The van der Waals surface area contributed by atoms with Gasteiger partial charge in [0.15, 0.2) is 0 Å². The molecule has 0 aliphatic carbocycles. The van der Waals surface area contributed by atoms with Gasteiger partial charge in [0, 0.05) is 38.2 Å². The maximum Gasteiger partial charge on any atom is 0.419 e. The summed E-state index contributed by atoms with van der Waals surface area (Å²) in [6, 6.07) is 5.94. The van der Waals surface area contributed by atoms with Crippen molar-refractivity contribution in [1.29, 1.82) is 0 Å². The SMILES string of the molecule is CC(C)CN(c1ccc(C(C)CC(=O)O)cc1Nc1ncc(C(F)(F)F)cn1)C1CCOCC1. The van der Waals surface area contributed by atoms with Gasteiger partial charge in [0.1, 0.15) is 0 Å². The maximum absolute atomic E-state index is 12.9. The number of hydrogen-bond acceptors (Lipinski definition) is 6. The number of carbonyl (C=O) groups is 1. The van der Waals surface area contributed by atoms with Crippen LogP contribution in [0, 0.1) is 5.92 Å². The normalized spacial score (nSPS) is 15.9. The minimum Gasteiger partial charge on any atom is -0.481 e. The number of carboxylic acid groups (broad SMARTS) is 1. The van der Waals surface area contributed by atoms with E-state index in [0.717, 1.165) is 43.0 Å². The molecule has 0 saturated carbocycles. The van der Waals surface area contributed by atoms with E-state index < -0.39 is 17.7 Å². The highest BCUT2D eigenvalue weighted by atomic mass is 19.4. The molecule has 0 bridgehead atoms. The first-order valence-electron chi connectivity index (χ1n) is 11.4. The highest BCUT2D eigenvalue weighted by Gasteiger charge is 2.31. The molecule has 1 aromatic carbocycles. The fourth-order valence-corrected chi connectivity index (χ4v) is 4.08. The van der Waals surface area contributed by atoms with Gasteiger partial charge in [-0.1, -0.05) is 26.8 Å². The molecule has 7 nitrogen and oxygen atoms in total. The summed E-state index contributed by atoms with van der Waals surface area (Å²) in [7, 11) is 0. The smallest absolute Gasteiger partial charge is 0.419 e. The number of rotatable bonds is 9. The predicted octanol–water partition coefficient (Wildman–Crippen LogP) is 5.46. The van der Waals surface area contributed by atoms with Gasteiger partial charge in [0.2, 0.25) is 5.95 Å². The predicted molar refractivity (Wildman–Crippen MR) is 123 cm³/mol. The van der Waals surface area contributed by atoms with Crippen molar-refractivity contribution in [3.63, 3.8) is 0 Å². The second-order valence-corrected chi connectivity index (χ2v) is 9.08. The van der Waals surface area contributed by atoms with Crippen LogP contribution >= 0.6 is 0 Å². The van der Waals surface area contributed by atoms with Crippen molar-refractivity contribution < 1.29 is 27.8 Å². The van der Waals surface area contributed by atoms with Gasteiger partial charge in [-0.25, -0.2) is 9.97 Å². The van der Waals surface area contributed by atoms with Crippen molar-refractivity contribution in [3.05, 3.63) is 41.7 Å². The van der Waals surface area contributed by atoms with Crippen molar-refractivity contribution in [2.24, 2.45) is 5.92 Å². The fourth-order valence-electron chi connectivity index (χ4n) is 4.08. The lowest BCUT2D eigenvalue weighted by Gasteiger charge is -2.38. The van der Waals surface area contributed by atoms with Gasteiger partial charge >= 0.3 is 12.1 Å². The summed E-state index contributed by atoms with van der Waals surface area (Å²) in [4.78, 5) is 21.2. The van der Waals surface area contributed by atoms with E-state index in [0.29, 0.717) is 24.8 Å². The molecule has 0 spiro atoms. The Kier molecular flexibility index (Phi) is 8.35. The van der Waals surface area contributed by atoms with Crippen LogP contribution in [0.5, 0.6) is 0 Å². The van der Waals surface area contributed by atoms with Crippen LogP contribution in [-0.2, 0) is 15.7 Å². The highest BCUT2D eigenvalue weighted by molar-refractivity contribution is 5.75. The van der Waals surface area contributed by atoms with E-state index in [1.807, 2.05) is 25.1 Å². The van der Waals surface area contributed by atoms with Crippen LogP contribution in [0.3, 0.4) is 0 Å². The summed E-state index contributed by atoms with van der Waals surface area (Å²) in [6.07, 6.45) is -1.34. The summed E-state index contributed by atoms with van der Waals surface area (Å²) in [6.45, 7) is 8.18. The number of nitrogens with zero attached hydrogens (tertiary/aromatic N) is 3. The van der Waals surface area contributed by atoms with E-state index >= 15 is 0 Å². The zero-order valence-corrected chi connectivity index (χ0v) is 19.6. The molecule has 2 heterocycles. The molecule has 1 aromatic heterocycles. The molecule has 2 N–H and O–H groups in total. The molecule has 10 heteroatoms. The summed E-state index contributed by atoms with van der Waals surface area (Å²) in [5, 5.41) is 12.3. The Hall–Kier alpha value is -2.88. The van der Waals surface area contributed by atoms with E-state index in [1.54, 1.807) is 0 Å². The fraction of sp³-hybridized carbons (Fsp3) is 0.542. The molecule has 3 rings (SSSR count). The Morgan fingerprint density at radius 3 is 2.41 bits per heavy atom. The zero-order chi connectivity index (χ0) is 24.9. The summed E-state index contributed by atoms with van der Waals surface area (Å²) in [5.41, 5.74) is 1.37. The average molecular weight is 481 g/mol. The van der Waals surface area contributed by atoms with Crippen molar-refractivity contribution in [3.8, 4) is 0 Å². The monoisotopic (exact) mass is 480 g/mol. The Morgan fingerprint density at radius 2 is 1.85 bits per heavy atom. The molecule has 1 aliphatic rings. The van der Waals surface area contributed by atoms with E-state index in [1.165, 1.54) is 0 Å². The first kappa shape index (κ1) is 25.7. The third kappa shape index (κ3) is 6.82. The molecule has 1 aliphatic heterocycles. The lowest BCUT2D eigenvalue weighted by atomic mass is 9.95. The quantitative estimate of drug-likeness (QED) is 0.493. The lowest BCUT2D eigenvalue weighted by molar-refractivity contribution is -0.138. The largest absolute Gasteiger partial charge is 0.481 e.